The number of rotatable bonds is 7. The van der Waals surface area contributed by atoms with Gasteiger partial charge < -0.3 is 11.1 Å². The highest BCUT2D eigenvalue weighted by molar-refractivity contribution is 7.80. The van der Waals surface area contributed by atoms with Gasteiger partial charge in [-0.1, -0.05) is 38.4 Å². The number of anilines is 1. The molecule has 5 heteroatoms. The van der Waals surface area contributed by atoms with Gasteiger partial charge >= 0.3 is 0 Å². The van der Waals surface area contributed by atoms with Crippen molar-refractivity contribution < 1.29 is 0 Å². The van der Waals surface area contributed by atoms with Crippen LogP contribution in [0.15, 0.2) is 12.3 Å². The number of thiocarbonyl (C=S) groups is 1. The zero-order valence-corrected chi connectivity index (χ0v) is 11.3. The third-order valence-electron chi connectivity index (χ3n) is 2.52. The second kappa shape index (κ2) is 7.17. The van der Waals surface area contributed by atoms with Gasteiger partial charge in [-0.15, -0.1) is 0 Å². The van der Waals surface area contributed by atoms with Gasteiger partial charge in [-0.25, -0.2) is 9.97 Å². The highest BCUT2D eigenvalue weighted by Gasteiger charge is 2.05. The van der Waals surface area contributed by atoms with Crippen LogP contribution in [0.25, 0.3) is 0 Å². The van der Waals surface area contributed by atoms with Gasteiger partial charge in [-0.3, -0.25) is 0 Å². The van der Waals surface area contributed by atoms with Crippen molar-refractivity contribution in [1.29, 1.82) is 0 Å². The Morgan fingerprint density at radius 1 is 1.53 bits per heavy atom. The Morgan fingerprint density at radius 2 is 2.29 bits per heavy atom. The molecule has 0 spiro atoms. The Balaban J connectivity index is 2.50. The number of hydrogen-bond acceptors (Lipinski definition) is 4. The van der Waals surface area contributed by atoms with Crippen molar-refractivity contribution in [2.45, 2.75) is 45.6 Å². The maximum Gasteiger partial charge on any atom is 0.223 e. The fourth-order valence-electron chi connectivity index (χ4n) is 1.56. The molecule has 1 aromatic rings. The van der Waals surface area contributed by atoms with Gasteiger partial charge in [0.25, 0.3) is 0 Å². The smallest absolute Gasteiger partial charge is 0.223 e. The maximum absolute atomic E-state index is 5.53. The summed E-state index contributed by atoms with van der Waals surface area (Å²) >= 11 is 4.88. The molecule has 17 heavy (non-hydrogen) atoms. The molecule has 1 rings (SSSR count). The van der Waals surface area contributed by atoms with Gasteiger partial charge in [-0.05, 0) is 19.4 Å². The predicted octanol–water partition coefficient (Wildman–Crippen LogP) is 2.49. The highest BCUT2D eigenvalue weighted by atomic mass is 32.1. The molecule has 1 heterocycles. The first-order chi connectivity index (χ1) is 8.13. The largest absolute Gasteiger partial charge is 0.388 e. The van der Waals surface area contributed by atoms with Crippen LogP contribution in [0.4, 0.5) is 5.95 Å². The summed E-state index contributed by atoms with van der Waals surface area (Å²) in [6.07, 6.45) is 6.51. The van der Waals surface area contributed by atoms with Crippen LogP contribution in [0.1, 0.15) is 45.2 Å². The van der Waals surface area contributed by atoms with E-state index in [1.807, 2.05) is 0 Å². The lowest BCUT2D eigenvalue weighted by Gasteiger charge is -2.13. The van der Waals surface area contributed by atoms with E-state index in [1.54, 1.807) is 12.3 Å². The van der Waals surface area contributed by atoms with E-state index in [9.17, 15) is 0 Å². The van der Waals surface area contributed by atoms with E-state index < -0.39 is 0 Å². The maximum atomic E-state index is 5.53. The van der Waals surface area contributed by atoms with Crippen molar-refractivity contribution >= 4 is 23.2 Å². The van der Waals surface area contributed by atoms with Gasteiger partial charge in [-0.2, -0.15) is 0 Å². The molecule has 0 saturated carbocycles. The summed E-state index contributed by atoms with van der Waals surface area (Å²) in [5.74, 6) is 0.597. The van der Waals surface area contributed by atoms with Crippen molar-refractivity contribution in [3.63, 3.8) is 0 Å². The van der Waals surface area contributed by atoms with E-state index in [0.29, 0.717) is 22.7 Å². The van der Waals surface area contributed by atoms with E-state index >= 15 is 0 Å². The summed E-state index contributed by atoms with van der Waals surface area (Å²) in [5, 5.41) is 3.26. The quantitative estimate of drug-likeness (QED) is 0.576. The minimum absolute atomic E-state index is 0.300. The van der Waals surface area contributed by atoms with Crippen LogP contribution in [0.3, 0.4) is 0 Å². The molecule has 1 unspecified atom stereocenters. The van der Waals surface area contributed by atoms with Crippen LogP contribution in [0.2, 0.25) is 0 Å². The summed E-state index contributed by atoms with van der Waals surface area (Å²) in [6.45, 7) is 4.33. The Hall–Kier alpha value is -1.23. The van der Waals surface area contributed by atoms with Crippen molar-refractivity contribution in [3.05, 3.63) is 18.0 Å². The second-order valence-electron chi connectivity index (χ2n) is 4.17. The summed E-state index contributed by atoms with van der Waals surface area (Å²) < 4.78 is 0. The van der Waals surface area contributed by atoms with Gasteiger partial charge in [0, 0.05) is 12.2 Å². The predicted molar refractivity (Wildman–Crippen MR) is 75.1 cm³/mol. The number of hydrogen-bond donors (Lipinski definition) is 2. The Morgan fingerprint density at radius 3 is 2.94 bits per heavy atom. The average Bonchev–Trinajstić information content (AvgIpc) is 2.29. The number of aromatic nitrogens is 2. The normalized spacial score (nSPS) is 12.1. The Labute approximate surface area is 108 Å². The standard InChI is InChI=1S/C12H20N4S/c1-3-4-5-6-9(2)15-12-14-8-7-10(16-12)11(13)17/h7-9H,3-6H2,1-2H3,(H2,13,17)(H,14,15,16). The Kier molecular flexibility index (Phi) is 5.83. The fraction of sp³-hybridized carbons (Fsp3) is 0.583. The minimum Gasteiger partial charge on any atom is -0.388 e. The van der Waals surface area contributed by atoms with Crippen LogP contribution in [-0.4, -0.2) is 21.0 Å². The molecule has 1 atom stereocenters. The van der Waals surface area contributed by atoms with Crippen LogP contribution in [0, 0.1) is 0 Å². The summed E-state index contributed by atoms with van der Waals surface area (Å²) in [6, 6.07) is 2.08. The SMILES string of the molecule is CCCCCC(C)Nc1nccc(C(N)=S)n1. The number of nitrogens with two attached hydrogens (primary N) is 1. The molecular formula is C12H20N4S. The molecule has 0 saturated heterocycles. The number of nitrogens with one attached hydrogen (secondary N) is 1. The van der Waals surface area contributed by atoms with E-state index in [4.69, 9.17) is 18.0 Å². The average molecular weight is 252 g/mol. The molecule has 1 aromatic heterocycles. The number of unbranched alkanes of at least 4 members (excludes halogenated alkanes) is 2. The van der Waals surface area contributed by atoms with Gasteiger partial charge in [0.15, 0.2) is 0 Å². The lowest BCUT2D eigenvalue weighted by Crippen LogP contribution is -2.19. The molecule has 0 aliphatic heterocycles. The molecule has 3 N–H and O–H groups in total. The summed E-state index contributed by atoms with van der Waals surface area (Å²) in [7, 11) is 0. The Bertz CT molecular complexity index is 367. The molecule has 4 nitrogen and oxygen atoms in total. The van der Waals surface area contributed by atoms with Gasteiger partial charge in [0.2, 0.25) is 5.95 Å². The van der Waals surface area contributed by atoms with Crippen LogP contribution in [-0.2, 0) is 0 Å². The first kappa shape index (κ1) is 13.8. The molecule has 0 radical (unpaired) electrons. The molecule has 0 aliphatic rings. The fourth-order valence-corrected chi connectivity index (χ4v) is 1.67. The van der Waals surface area contributed by atoms with E-state index in [-0.39, 0.29) is 0 Å². The number of nitrogens with zero attached hydrogens (tertiary/aromatic N) is 2. The molecular weight excluding hydrogens is 232 g/mol. The monoisotopic (exact) mass is 252 g/mol. The molecule has 0 amide bonds. The molecule has 0 aliphatic carbocycles. The third kappa shape index (κ3) is 5.08. The van der Waals surface area contributed by atoms with E-state index in [0.717, 1.165) is 6.42 Å². The molecule has 0 fully saturated rings. The first-order valence-electron chi connectivity index (χ1n) is 6.03. The van der Waals surface area contributed by atoms with Crippen LogP contribution >= 0.6 is 12.2 Å². The lowest BCUT2D eigenvalue weighted by molar-refractivity contribution is 0.612. The lowest BCUT2D eigenvalue weighted by atomic mass is 10.1. The minimum atomic E-state index is 0.300. The highest BCUT2D eigenvalue weighted by Crippen LogP contribution is 2.08. The van der Waals surface area contributed by atoms with Crippen molar-refractivity contribution in [1.82, 2.24) is 9.97 Å². The molecule has 94 valence electrons. The third-order valence-corrected chi connectivity index (χ3v) is 2.73. The van der Waals surface area contributed by atoms with Crippen LogP contribution < -0.4 is 11.1 Å². The van der Waals surface area contributed by atoms with E-state index in [2.05, 4.69) is 29.1 Å². The van der Waals surface area contributed by atoms with Crippen LogP contribution in [0.5, 0.6) is 0 Å². The molecule has 0 bridgehead atoms. The second-order valence-corrected chi connectivity index (χ2v) is 4.61. The van der Waals surface area contributed by atoms with Crippen molar-refractivity contribution in [3.8, 4) is 0 Å². The van der Waals surface area contributed by atoms with Gasteiger partial charge in [0.1, 0.15) is 10.7 Å². The molecule has 0 aromatic carbocycles. The van der Waals surface area contributed by atoms with E-state index in [1.165, 1.54) is 19.3 Å². The topological polar surface area (TPSA) is 63.8 Å². The van der Waals surface area contributed by atoms with Crippen molar-refractivity contribution in [2.24, 2.45) is 5.73 Å². The summed E-state index contributed by atoms with van der Waals surface area (Å²) in [4.78, 5) is 8.70. The first-order valence-corrected chi connectivity index (χ1v) is 6.43. The van der Waals surface area contributed by atoms with Crippen molar-refractivity contribution in [2.75, 3.05) is 5.32 Å². The van der Waals surface area contributed by atoms with Gasteiger partial charge in [0.05, 0.1) is 0 Å². The zero-order chi connectivity index (χ0) is 12.7. The zero-order valence-electron chi connectivity index (χ0n) is 10.4. The summed E-state index contributed by atoms with van der Waals surface area (Å²) in [5.41, 5.74) is 6.13.